The van der Waals surface area contributed by atoms with Crippen LogP contribution in [0.25, 0.3) is 23.0 Å². The Morgan fingerprint density at radius 2 is 1.50 bits per heavy atom. The molecule has 136 valence electrons. The number of carbonyl (C=O) groups excluding carboxylic acids is 1. The molecule has 3 aromatic carbocycles. The summed E-state index contributed by atoms with van der Waals surface area (Å²) in [6, 6.07) is 25.9. The number of hydrogen-bond acceptors (Lipinski definition) is 3. The Labute approximate surface area is 163 Å². The van der Waals surface area contributed by atoms with Crippen LogP contribution in [-0.2, 0) is 0 Å². The highest BCUT2D eigenvalue weighted by atomic mass is 16.3. The van der Waals surface area contributed by atoms with Gasteiger partial charge in [0.25, 0.3) is 0 Å². The molecule has 0 radical (unpaired) electrons. The van der Waals surface area contributed by atoms with Gasteiger partial charge in [0.1, 0.15) is 5.75 Å². The Kier molecular flexibility index (Phi) is 4.85. The van der Waals surface area contributed by atoms with Crippen LogP contribution in [0.15, 0.2) is 97.2 Å². The molecule has 4 aromatic rings. The number of nitrogens with zero attached hydrogens (tertiary/aromatic N) is 2. The molecule has 0 saturated heterocycles. The third kappa shape index (κ3) is 3.76. The molecular weight excluding hydrogens is 348 g/mol. The first-order valence-electron chi connectivity index (χ1n) is 8.93. The predicted molar refractivity (Wildman–Crippen MR) is 110 cm³/mol. The third-order valence-corrected chi connectivity index (χ3v) is 4.38. The van der Waals surface area contributed by atoms with Crippen LogP contribution in [0.4, 0.5) is 0 Å². The van der Waals surface area contributed by atoms with E-state index < -0.39 is 0 Å². The second kappa shape index (κ2) is 7.76. The molecule has 0 atom stereocenters. The van der Waals surface area contributed by atoms with Crippen LogP contribution < -0.4 is 0 Å². The Hall–Kier alpha value is -3.92. The number of hydrogen-bond donors (Lipinski definition) is 1. The number of aromatic hydroxyl groups is 1. The SMILES string of the molecule is O=C(/C=C/c1cn(-c2ccccc2)nc1-c1ccccc1)c1ccc(O)cc1. The van der Waals surface area contributed by atoms with Crippen LogP contribution in [0.5, 0.6) is 5.75 Å². The molecule has 0 spiro atoms. The van der Waals surface area contributed by atoms with Crippen LogP contribution in [0.1, 0.15) is 15.9 Å². The minimum Gasteiger partial charge on any atom is -0.508 e. The number of para-hydroxylation sites is 1. The fourth-order valence-electron chi connectivity index (χ4n) is 2.93. The monoisotopic (exact) mass is 366 g/mol. The fraction of sp³-hybridized carbons (Fsp3) is 0. The summed E-state index contributed by atoms with van der Waals surface area (Å²) in [5.74, 6) is 0.00232. The Morgan fingerprint density at radius 1 is 0.857 bits per heavy atom. The molecule has 1 heterocycles. The highest BCUT2D eigenvalue weighted by Crippen LogP contribution is 2.25. The van der Waals surface area contributed by atoms with Crippen LogP contribution in [-0.4, -0.2) is 20.7 Å². The molecule has 0 unspecified atom stereocenters. The van der Waals surface area contributed by atoms with Crippen LogP contribution in [0.3, 0.4) is 0 Å². The van der Waals surface area contributed by atoms with Gasteiger partial charge in [-0.15, -0.1) is 0 Å². The van der Waals surface area contributed by atoms with E-state index in [0.717, 1.165) is 22.5 Å². The number of carbonyl (C=O) groups is 1. The van der Waals surface area contributed by atoms with Crippen molar-refractivity contribution in [2.45, 2.75) is 0 Å². The summed E-state index contributed by atoms with van der Waals surface area (Å²) in [7, 11) is 0. The molecule has 0 fully saturated rings. The van der Waals surface area contributed by atoms with E-state index in [4.69, 9.17) is 5.10 Å². The molecule has 0 aliphatic heterocycles. The van der Waals surface area contributed by atoms with Gasteiger partial charge in [-0.05, 0) is 48.6 Å². The number of phenols is 1. The van der Waals surface area contributed by atoms with E-state index in [-0.39, 0.29) is 11.5 Å². The first-order chi connectivity index (χ1) is 13.7. The van der Waals surface area contributed by atoms with Crippen molar-refractivity contribution < 1.29 is 9.90 Å². The van der Waals surface area contributed by atoms with Crippen molar-refractivity contribution in [3.8, 4) is 22.7 Å². The molecule has 0 aliphatic carbocycles. The van der Waals surface area contributed by atoms with Crippen molar-refractivity contribution in [2.24, 2.45) is 0 Å². The zero-order chi connectivity index (χ0) is 19.3. The summed E-state index contributed by atoms with van der Waals surface area (Å²) in [6.45, 7) is 0. The summed E-state index contributed by atoms with van der Waals surface area (Å²) in [4.78, 5) is 12.5. The molecular formula is C24H18N2O2. The molecule has 1 aromatic heterocycles. The van der Waals surface area contributed by atoms with Crippen molar-refractivity contribution in [1.29, 1.82) is 0 Å². The zero-order valence-corrected chi connectivity index (χ0v) is 15.1. The summed E-state index contributed by atoms with van der Waals surface area (Å²) in [5, 5.41) is 14.1. The molecule has 1 N–H and O–H groups in total. The van der Waals surface area contributed by atoms with E-state index >= 15 is 0 Å². The Bertz CT molecular complexity index is 1110. The van der Waals surface area contributed by atoms with Crippen molar-refractivity contribution in [2.75, 3.05) is 0 Å². The number of phenolic OH excluding ortho intramolecular Hbond substituents is 1. The average Bonchev–Trinajstić information content (AvgIpc) is 3.18. The summed E-state index contributed by atoms with van der Waals surface area (Å²) in [5.41, 5.74) is 4.10. The highest BCUT2D eigenvalue weighted by Gasteiger charge is 2.11. The lowest BCUT2D eigenvalue weighted by Gasteiger charge is -2.00. The topological polar surface area (TPSA) is 55.1 Å². The van der Waals surface area contributed by atoms with E-state index in [1.165, 1.54) is 18.2 Å². The maximum atomic E-state index is 12.5. The van der Waals surface area contributed by atoms with Gasteiger partial charge in [-0.3, -0.25) is 4.79 Å². The third-order valence-electron chi connectivity index (χ3n) is 4.38. The molecule has 0 aliphatic rings. The summed E-state index contributed by atoms with van der Waals surface area (Å²) < 4.78 is 1.81. The van der Waals surface area contributed by atoms with Crippen LogP contribution >= 0.6 is 0 Å². The number of allylic oxidation sites excluding steroid dienone is 1. The van der Waals surface area contributed by atoms with E-state index in [0.29, 0.717) is 5.56 Å². The number of rotatable bonds is 5. The van der Waals surface area contributed by atoms with Gasteiger partial charge in [0, 0.05) is 22.9 Å². The van der Waals surface area contributed by atoms with Gasteiger partial charge >= 0.3 is 0 Å². The van der Waals surface area contributed by atoms with Gasteiger partial charge < -0.3 is 5.11 Å². The molecule has 0 amide bonds. The van der Waals surface area contributed by atoms with Gasteiger partial charge in [0.15, 0.2) is 5.78 Å². The maximum absolute atomic E-state index is 12.5. The normalized spacial score (nSPS) is 11.0. The van der Waals surface area contributed by atoms with E-state index in [9.17, 15) is 9.90 Å². The van der Waals surface area contributed by atoms with Crippen LogP contribution in [0.2, 0.25) is 0 Å². The van der Waals surface area contributed by atoms with Crippen molar-refractivity contribution in [3.05, 3.63) is 108 Å². The quantitative estimate of drug-likeness (QED) is 0.393. The first-order valence-corrected chi connectivity index (χ1v) is 8.93. The van der Waals surface area contributed by atoms with Gasteiger partial charge in [-0.2, -0.15) is 5.10 Å². The first kappa shape index (κ1) is 17.5. The summed E-state index contributed by atoms with van der Waals surface area (Å²) in [6.07, 6.45) is 5.23. The molecule has 0 saturated carbocycles. The molecule has 4 heteroatoms. The van der Waals surface area contributed by atoms with Gasteiger partial charge in [-0.1, -0.05) is 48.5 Å². The van der Waals surface area contributed by atoms with E-state index in [2.05, 4.69) is 0 Å². The highest BCUT2D eigenvalue weighted by molar-refractivity contribution is 6.07. The number of aromatic nitrogens is 2. The van der Waals surface area contributed by atoms with E-state index in [1.54, 1.807) is 18.2 Å². The minimum atomic E-state index is -0.133. The van der Waals surface area contributed by atoms with Gasteiger partial charge in [0.2, 0.25) is 0 Å². The second-order valence-corrected chi connectivity index (χ2v) is 6.32. The lowest BCUT2D eigenvalue weighted by Crippen LogP contribution is -1.93. The smallest absolute Gasteiger partial charge is 0.185 e. The largest absolute Gasteiger partial charge is 0.508 e. The standard InChI is InChI=1S/C24H18N2O2/c27-22-14-11-18(12-15-22)23(28)16-13-20-17-26(21-9-5-2-6-10-21)25-24(20)19-7-3-1-4-8-19/h1-17,27H/b16-13+. The maximum Gasteiger partial charge on any atom is 0.185 e. The molecule has 4 rings (SSSR count). The molecule has 4 nitrogen and oxygen atoms in total. The zero-order valence-electron chi connectivity index (χ0n) is 15.1. The lowest BCUT2D eigenvalue weighted by molar-refractivity contribution is 0.104. The van der Waals surface area contributed by atoms with Crippen molar-refractivity contribution >= 4 is 11.9 Å². The second-order valence-electron chi connectivity index (χ2n) is 6.32. The fourth-order valence-corrected chi connectivity index (χ4v) is 2.93. The molecule has 0 bridgehead atoms. The van der Waals surface area contributed by atoms with Gasteiger partial charge in [0.05, 0.1) is 11.4 Å². The predicted octanol–water partition coefficient (Wildman–Crippen LogP) is 5.14. The van der Waals surface area contributed by atoms with E-state index in [1.807, 2.05) is 71.5 Å². The van der Waals surface area contributed by atoms with Gasteiger partial charge in [-0.25, -0.2) is 4.68 Å². The minimum absolute atomic E-state index is 0.133. The summed E-state index contributed by atoms with van der Waals surface area (Å²) >= 11 is 0. The van der Waals surface area contributed by atoms with Crippen LogP contribution in [0, 0.1) is 0 Å². The van der Waals surface area contributed by atoms with Crippen molar-refractivity contribution in [1.82, 2.24) is 9.78 Å². The van der Waals surface area contributed by atoms with Crippen molar-refractivity contribution in [3.63, 3.8) is 0 Å². The number of ketones is 1. The number of benzene rings is 3. The Balaban J connectivity index is 1.71. The molecule has 28 heavy (non-hydrogen) atoms. The lowest BCUT2D eigenvalue weighted by atomic mass is 10.1. The average molecular weight is 366 g/mol. The Morgan fingerprint density at radius 3 is 2.18 bits per heavy atom.